The zero-order chi connectivity index (χ0) is 19.3. The highest BCUT2D eigenvalue weighted by atomic mass is 19.1. The summed E-state index contributed by atoms with van der Waals surface area (Å²) in [6.45, 7) is 2.38. The number of rotatable bonds is 5. The largest absolute Gasteiger partial charge is 0.481 e. The predicted octanol–water partition coefficient (Wildman–Crippen LogP) is 3.41. The van der Waals surface area contributed by atoms with E-state index in [-0.39, 0.29) is 12.2 Å². The third-order valence-corrected chi connectivity index (χ3v) is 5.71. The molecule has 2 aliphatic rings. The number of hydrogen-bond donors (Lipinski definition) is 2. The maximum absolute atomic E-state index is 13.5. The number of aliphatic imine (C=N–C) groups is 1. The van der Waals surface area contributed by atoms with E-state index in [1.54, 1.807) is 12.1 Å². The second-order valence-electron chi connectivity index (χ2n) is 7.46. The number of nitrogens with zero attached hydrogens (tertiary/aromatic N) is 2. The van der Waals surface area contributed by atoms with Crippen molar-refractivity contribution in [3.05, 3.63) is 64.6 Å². The van der Waals surface area contributed by atoms with Crippen molar-refractivity contribution in [1.82, 2.24) is 9.88 Å². The first-order chi connectivity index (χ1) is 13.6. The number of halogens is 1. The first kappa shape index (κ1) is 17.1. The summed E-state index contributed by atoms with van der Waals surface area (Å²) >= 11 is 0. The molecule has 0 saturated carbocycles. The lowest BCUT2D eigenvalue weighted by Gasteiger charge is -2.30. The number of carboxylic acids is 1. The van der Waals surface area contributed by atoms with Crippen LogP contribution in [0.2, 0.25) is 0 Å². The van der Waals surface area contributed by atoms with Gasteiger partial charge in [0.2, 0.25) is 0 Å². The van der Waals surface area contributed by atoms with E-state index in [0.29, 0.717) is 18.9 Å². The Balaban J connectivity index is 1.80. The molecular weight excluding hydrogens is 357 g/mol. The van der Waals surface area contributed by atoms with Crippen molar-refractivity contribution in [2.45, 2.75) is 25.3 Å². The summed E-state index contributed by atoms with van der Waals surface area (Å²) in [5.74, 6) is -0.763. The van der Waals surface area contributed by atoms with Gasteiger partial charge in [0.25, 0.3) is 0 Å². The van der Waals surface area contributed by atoms with Gasteiger partial charge in [0.15, 0.2) is 0 Å². The van der Waals surface area contributed by atoms with Crippen molar-refractivity contribution >= 4 is 23.1 Å². The van der Waals surface area contributed by atoms with Crippen molar-refractivity contribution in [1.29, 1.82) is 0 Å². The summed E-state index contributed by atoms with van der Waals surface area (Å²) in [5.41, 5.74) is 6.41. The average Bonchev–Trinajstić information content (AvgIpc) is 3.19. The second-order valence-corrected chi connectivity index (χ2v) is 7.46. The fourth-order valence-electron chi connectivity index (χ4n) is 4.25. The molecule has 0 spiro atoms. The molecule has 2 aliphatic heterocycles. The van der Waals surface area contributed by atoms with Crippen LogP contribution in [0.1, 0.15) is 34.7 Å². The number of nitrogens with one attached hydrogen (secondary N) is 1. The van der Waals surface area contributed by atoms with E-state index in [2.05, 4.69) is 27.0 Å². The minimum Gasteiger partial charge on any atom is -0.481 e. The van der Waals surface area contributed by atoms with E-state index >= 15 is 0 Å². The number of aromatic nitrogens is 1. The molecule has 2 N–H and O–H groups in total. The summed E-state index contributed by atoms with van der Waals surface area (Å²) in [6, 6.07) is 10.8. The lowest BCUT2D eigenvalue weighted by atomic mass is 9.92. The van der Waals surface area contributed by atoms with E-state index in [1.807, 2.05) is 6.21 Å². The van der Waals surface area contributed by atoms with Crippen LogP contribution in [0.15, 0.2) is 41.4 Å². The molecule has 5 nitrogen and oxygen atoms in total. The van der Waals surface area contributed by atoms with Gasteiger partial charge in [-0.2, -0.15) is 0 Å². The molecule has 6 heteroatoms. The molecule has 0 aliphatic carbocycles. The van der Waals surface area contributed by atoms with Gasteiger partial charge < -0.3 is 15.0 Å². The van der Waals surface area contributed by atoms with Gasteiger partial charge in [-0.15, -0.1) is 0 Å². The minimum absolute atomic E-state index is 0.0866. The maximum Gasteiger partial charge on any atom is 0.303 e. The maximum atomic E-state index is 13.5. The van der Waals surface area contributed by atoms with Crippen molar-refractivity contribution < 1.29 is 14.3 Å². The van der Waals surface area contributed by atoms with Crippen LogP contribution in [0.4, 0.5) is 4.39 Å². The number of fused-ring (bicyclic) bond motifs is 2. The molecule has 0 amide bonds. The third-order valence-electron chi connectivity index (χ3n) is 5.71. The highest BCUT2D eigenvalue weighted by Crippen LogP contribution is 2.38. The normalized spacial score (nSPS) is 15.8. The van der Waals surface area contributed by atoms with E-state index in [1.165, 1.54) is 17.7 Å². The minimum atomic E-state index is -0.801. The molecule has 0 unspecified atom stereocenters. The number of carbonyl (C=O) groups is 1. The summed E-state index contributed by atoms with van der Waals surface area (Å²) in [7, 11) is 0. The highest BCUT2D eigenvalue weighted by Gasteiger charge is 2.30. The van der Waals surface area contributed by atoms with Gasteiger partial charge in [-0.05, 0) is 59.5 Å². The Hall–Kier alpha value is -2.99. The Morgan fingerprint density at radius 3 is 2.71 bits per heavy atom. The van der Waals surface area contributed by atoms with E-state index in [4.69, 9.17) is 0 Å². The van der Waals surface area contributed by atoms with Gasteiger partial charge in [0.1, 0.15) is 5.82 Å². The Morgan fingerprint density at radius 1 is 1.25 bits per heavy atom. The lowest BCUT2D eigenvalue weighted by Crippen LogP contribution is -2.41. The van der Waals surface area contributed by atoms with Crippen LogP contribution in [0, 0.1) is 5.82 Å². The summed E-state index contributed by atoms with van der Waals surface area (Å²) in [5, 5.41) is 13.7. The van der Waals surface area contributed by atoms with E-state index in [0.717, 1.165) is 46.5 Å². The molecule has 1 fully saturated rings. The van der Waals surface area contributed by atoms with Crippen molar-refractivity contribution in [2.24, 2.45) is 4.99 Å². The third kappa shape index (κ3) is 2.72. The molecule has 1 saturated heterocycles. The molecule has 28 heavy (non-hydrogen) atoms. The predicted molar refractivity (Wildman–Crippen MR) is 106 cm³/mol. The Bertz CT molecular complexity index is 1110. The van der Waals surface area contributed by atoms with Crippen molar-refractivity contribution in [2.75, 3.05) is 13.1 Å². The SMILES string of the molecule is O=C(O)CCc1c(C2CNC2)n(-c2ccc(F)cc2)c2cc3c(cc12)CN=C3. The van der Waals surface area contributed by atoms with Crippen LogP contribution in [-0.4, -0.2) is 34.9 Å². The van der Waals surface area contributed by atoms with Crippen molar-refractivity contribution in [3.8, 4) is 5.69 Å². The first-order valence-corrected chi connectivity index (χ1v) is 9.50. The van der Waals surface area contributed by atoms with E-state index in [9.17, 15) is 14.3 Å². The molecule has 3 aromatic rings. The molecule has 3 heterocycles. The number of aryl methyl sites for hydroxylation is 1. The fourth-order valence-corrected chi connectivity index (χ4v) is 4.25. The van der Waals surface area contributed by atoms with E-state index < -0.39 is 5.97 Å². The summed E-state index contributed by atoms with van der Waals surface area (Å²) in [6.07, 6.45) is 2.45. The Kier molecular flexibility index (Phi) is 4.02. The van der Waals surface area contributed by atoms with Crippen molar-refractivity contribution in [3.63, 3.8) is 0 Å². The van der Waals surface area contributed by atoms with Crippen LogP contribution in [-0.2, 0) is 17.8 Å². The number of hydrogen-bond acceptors (Lipinski definition) is 3. The highest BCUT2D eigenvalue weighted by molar-refractivity contribution is 5.96. The topological polar surface area (TPSA) is 66.6 Å². The Labute approximate surface area is 161 Å². The quantitative estimate of drug-likeness (QED) is 0.716. The smallest absolute Gasteiger partial charge is 0.303 e. The van der Waals surface area contributed by atoms with Crippen LogP contribution in [0.3, 0.4) is 0 Å². The number of benzene rings is 2. The van der Waals surface area contributed by atoms with Gasteiger partial charge in [0, 0.05) is 48.4 Å². The molecule has 0 atom stereocenters. The standard InChI is InChI=1S/C22H20FN3O2/c23-16-1-3-17(4-2-16)26-20-8-14-10-24-9-13(14)7-19(20)18(5-6-21(27)28)22(26)15-11-25-12-15/h1-4,7-8,10,15,25H,5-6,9,11-12H2,(H,27,28). The average molecular weight is 377 g/mol. The van der Waals surface area contributed by atoms with Crippen LogP contribution in [0.5, 0.6) is 0 Å². The Morgan fingerprint density at radius 2 is 2.04 bits per heavy atom. The van der Waals surface area contributed by atoms with Crippen LogP contribution in [0.25, 0.3) is 16.6 Å². The second kappa shape index (κ2) is 6.56. The zero-order valence-corrected chi connectivity index (χ0v) is 15.3. The number of carboxylic acid groups (broad SMARTS) is 1. The first-order valence-electron chi connectivity index (χ1n) is 9.50. The molecule has 2 aromatic carbocycles. The fraction of sp³-hybridized carbons (Fsp3) is 0.273. The van der Waals surface area contributed by atoms with Crippen LogP contribution < -0.4 is 5.32 Å². The zero-order valence-electron chi connectivity index (χ0n) is 15.3. The summed E-state index contributed by atoms with van der Waals surface area (Å²) < 4.78 is 15.7. The molecule has 0 radical (unpaired) electrons. The summed E-state index contributed by atoms with van der Waals surface area (Å²) in [4.78, 5) is 15.7. The number of aliphatic carboxylic acids is 1. The molecule has 142 valence electrons. The molecule has 1 aromatic heterocycles. The van der Waals surface area contributed by atoms with Gasteiger partial charge >= 0.3 is 5.97 Å². The van der Waals surface area contributed by atoms with Gasteiger partial charge in [-0.25, -0.2) is 4.39 Å². The van der Waals surface area contributed by atoms with Gasteiger partial charge in [0.05, 0.1) is 12.1 Å². The molecule has 0 bridgehead atoms. The van der Waals surface area contributed by atoms with Gasteiger partial charge in [-0.1, -0.05) is 0 Å². The monoisotopic (exact) mass is 377 g/mol. The molecule has 5 rings (SSSR count). The van der Waals surface area contributed by atoms with Crippen LogP contribution >= 0.6 is 0 Å². The van der Waals surface area contributed by atoms with Gasteiger partial charge in [-0.3, -0.25) is 9.79 Å². The lowest BCUT2D eigenvalue weighted by molar-refractivity contribution is -0.136. The molecular formula is C22H20FN3O2.